The predicted molar refractivity (Wildman–Crippen MR) is 104 cm³/mol. The van der Waals surface area contributed by atoms with Gasteiger partial charge in [-0.05, 0) is 43.7 Å². The summed E-state index contributed by atoms with van der Waals surface area (Å²) in [4.78, 5) is 24.2. The average molecular weight is 419 g/mol. The molecule has 0 fully saturated rings. The molecular weight excluding hydrogens is 400 g/mol. The third-order valence-electron chi connectivity index (χ3n) is 4.06. The predicted octanol–water partition coefficient (Wildman–Crippen LogP) is 4.27. The Morgan fingerprint density at radius 1 is 1.17 bits per heavy atom. The summed E-state index contributed by atoms with van der Waals surface area (Å²) in [5.74, 6) is 0.152. The Hall–Kier alpha value is -3.62. The van der Waals surface area contributed by atoms with Gasteiger partial charge in [0.15, 0.2) is 28.8 Å². The molecule has 0 bridgehead atoms. The Morgan fingerprint density at radius 2 is 1.90 bits per heavy atom. The number of nitrogens with one attached hydrogen (secondary N) is 1. The molecule has 0 spiro atoms. The highest BCUT2D eigenvalue weighted by atomic mass is 19.3. The van der Waals surface area contributed by atoms with Crippen LogP contribution < -0.4 is 24.3 Å². The van der Waals surface area contributed by atoms with Gasteiger partial charge in [-0.2, -0.15) is 8.78 Å². The van der Waals surface area contributed by atoms with Crippen molar-refractivity contribution in [3.63, 3.8) is 0 Å². The first-order valence-electron chi connectivity index (χ1n) is 9.02. The summed E-state index contributed by atoms with van der Waals surface area (Å²) in [5, 5.41) is 2.63. The molecule has 9 heteroatoms. The second-order valence-corrected chi connectivity index (χ2v) is 6.15. The minimum atomic E-state index is -2.98. The van der Waals surface area contributed by atoms with E-state index in [1.54, 1.807) is 6.92 Å². The van der Waals surface area contributed by atoms with Gasteiger partial charge in [-0.1, -0.05) is 6.07 Å². The van der Waals surface area contributed by atoms with Crippen LogP contribution in [0.2, 0.25) is 0 Å². The fraction of sp³-hybridized carbons (Fsp3) is 0.238. The van der Waals surface area contributed by atoms with Gasteiger partial charge in [0.25, 0.3) is 0 Å². The van der Waals surface area contributed by atoms with Gasteiger partial charge in [0.2, 0.25) is 12.7 Å². The molecule has 0 atom stereocenters. The van der Waals surface area contributed by atoms with Crippen molar-refractivity contribution in [2.24, 2.45) is 0 Å². The van der Waals surface area contributed by atoms with Gasteiger partial charge >= 0.3 is 6.61 Å². The quantitative estimate of drug-likeness (QED) is 0.508. The molecule has 0 aromatic heterocycles. The van der Waals surface area contributed by atoms with Crippen LogP contribution in [0, 0.1) is 0 Å². The summed E-state index contributed by atoms with van der Waals surface area (Å²) < 4.78 is 45.2. The molecule has 0 saturated heterocycles. The first kappa shape index (κ1) is 21.1. The highest BCUT2D eigenvalue weighted by Crippen LogP contribution is 2.37. The van der Waals surface area contributed by atoms with E-state index in [-0.39, 0.29) is 41.9 Å². The molecule has 7 nitrogen and oxygen atoms in total. The third kappa shape index (κ3) is 5.05. The average Bonchev–Trinajstić information content (AvgIpc) is 3.14. The molecular formula is C21H19F2NO6. The number of hydrogen-bond acceptors (Lipinski definition) is 6. The Balaban J connectivity index is 1.76. The first-order chi connectivity index (χ1) is 14.4. The second-order valence-electron chi connectivity index (χ2n) is 6.15. The smallest absolute Gasteiger partial charge is 0.387 e. The van der Waals surface area contributed by atoms with Crippen LogP contribution in [0.25, 0.3) is 6.08 Å². The molecule has 2 aromatic rings. The molecule has 0 aliphatic carbocycles. The van der Waals surface area contributed by atoms with Gasteiger partial charge in [-0.15, -0.1) is 0 Å². The third-order valence-corrected chi connectivity index (χ3v) is 4.06. The van der Waals surface area contributed by atoms with Crippen LogP contribution in [-0.4, -0.2) is 31.7 Å². The minimum Gasteiger partial charge on any atom is -0.490 e. The number of hydrogen-bond donors (Lipinski definition) is 1. The molecule has 0 radical (unpaired) electrons. The number of alkyl halides is 2. The van der Waals surface area contributed by atoms with E-state index in [1.807, 2.05) is 0 Å². The van der Waals surface area contributed by atoms with Crippen LogP contribution in [0.3, 0.4) is 0 Å². The number of carbonyl (C=O) groups excluding carboxylic acids is 2. The number of rotatable bonds is 8. The van der Waals surface area contributed by atoms with Gasteiger partial charge < -0.3 is 24.3 Å². The molecule has 1 N–H and O–H groups in total. The van der Waals surface area contributed by atoms with Crippen LogP contribution in [0.4, 0.5) is 14.5 Å². The largest absolute Gasteiger partial charge is 0.490 e. The normalized spacial score (nSPS) is 12.3. The second kappa shape index (κ2) is 9.25. The van der Waals surface area contributed by atoms with Crippen LogP contribution in [0.15, 0.2) is 36.4 Å². The van der Waals surface area contributed by atoms with Crippen molar-refractivity contribution in [1.29, 1.82) is 0 Å². The van der Waals surface area contributed by atoms with Gasteiger partial charge in [-0.3, -0.25) is 9.59 Å². The molecule has 158 valence electrons. The first-order valence-corrected chi connectivity index (χ1v) is 9.02. The summed E-state index contributed by atoms with van der Waals surface area (Å²) in [6.45, 7) is 0.401. The maximum Gasteiger partial charge on any atom is 0.387 e. The van der Waals surface area contributed by atoms with E-state index >= 15 is 0 Å². The van der Waals surface area contributed by atoms with Crippen LogP contribution in [0.5, 0.6) is 23.0 Å². The van der Waals surface area contributed by atoms with Crippen molar-refractivity contribution in [3.8, 4) is 23.0 Å². The number of benzene rings is 2. The van der Waals surface area contributed by atoms with Crippen LogP contribution in [-0.2, 0) is 4.79 Å². The van der Waals surface area contributed by atoms with Crippen molar-refractivity contribution < 1.29 is 37.3 Å². The summed E-state index contributed by atoms with van der Waals surface area (Å²) >= 11 is 0. The Labute approximate surface area is 171 Å². The highest BCUT2D eigenvalue weighted by molar-refractivity contribution is 6.08. The van der Waals surface area contributed by atoms with Crippen molar-refractivity contribution in [2.75, 3.05) is 18.7 Å². The van der Waals surface area contributed by atoms with Crippen LogP contribution in [0.1, 0.15) is 29.8 Å². The van der Waals surface area contributed by atoms with E-state index in [9.17, 15) is 18.4 Å². The Morgan fingerprint density at radius 3 is 2.57 bits per heavy atom. The maximum absolute atomic E-state index is 12.5. The molecule has 1 aliphatic rings. The van der Waals surface area contributed by atoms with E-state index in [4.69, 9.17) is 14.2 Å². The van der Waals surface area contributed by atoms with Gasteiger partial charge in [0, 0.05) is 17.7 Å². The fourth-order valence-electron chi connectivity index (χ4n) is 2.77. The monoisotopic (exact) mass is 419 g/mol. The lowest BCUT2D eigenvalue weighted by atomic mass is 10.1. The van der Waals surface area contributed by atoms with E-state index < -0.39 is 12.5 Å². The van der Waals surface area contributed by atoms with Crippen molar-refractivity contribution in [3.05, 3.63) is 47.5 Å². The number of carbonyl (C=O) groups is 2. The minimum absolute atomic E-state index is 0.0391. The summed E-state index contributed by atoms with van der Waals surface area (Å²) in [7, 11) is 0. The zero-order chi connectivity index (χ0) is 21.7. The van der Waals surface area contributed by atoms with E-state index in [2.05, 4.69) is 10.1 Å². The molecule has 30 heavy (non-hydrogen) atoms. The molecule has 2 aromatic carbocycles. The molecule has 1 amide bonds. The summed E-state index contributed by atoms with van der Waals surface area (Å²) in [6.07, 6.45) is 2.72. The number of halogens is 2. The Kier molecular flexibility index (Phi) is 6.51. The SMILES string of the molecule is CCOc1cc(/C=C/C(=O)Nc2cc3c(cc2C(C)=O)OCO3)ccc1OC(F)F. The Bertz CT molecular complexity index is 990. The lowest BCUT2D eigenvalue weighted by molar-refractivity contribution is -0.111. The zero-order valence-electron chi connectivity index (χ0n) is 16.2. The lowest BCUT2D eigenvalue weighted by Gasteiger charge is -2.11. The van der Waals surface area contributed by atoms with Crippen molar-refractivity contribution >= 4 is 23.5 Å². The highest BCUT2D eigenvalue weighted by Gasteiger charge is 2.20. The zero-order valence-corrected chi connectivity index (χ0v) is 16.2. The van der Waals surface area contributed by atoms with Gasteiger partial charge in [0.05, 0.1) is 12.3 Å². The standard InChI is InChI=1S/C21H19F2NO6/c1-3-27-17-8-13(4-6-16(17)30-21(22)23)5-7-20(26)24-15-10-19-18(28-11-29-19)9-14(15)12(2)25/h4-10,21H,3,11H2,1-2H3,(H,24,26)/b7-5+. The number of anilines is 1. The maximum atomic E-state index is 12.5. The topological polar surface area (TPSA) is 83.1 Å². The van der Waals surface area contributed by atoms with E-state index in [0.29, 0.717) is 17.1 Å². The number of Topliss-reactive ketones (excluding diaryl/α,β-unsaturated/α-hetero) is 1. The van der Waals surface area contributed by atoms with Crippen molar-refractivity contribution in [2.45, 2.75) is 20.5 Å². The summed E-state index contributed by atoms with van der Waals surface area (Å²) in [5.41, 5.74) is 1.11. The van der Waals surface area contributed by atoms with Crippen LogP contribution >= 0.6 is 0 Å². The molecule has 1 aliphatic heterocycles. The lowest BCUT2D eigenvalue weighted by Crippen LogP contribution is -2.11. The van der Waals surface area contributed by atoms with Gasteiger partial charge in [0.1, 0.15) is 0 Å². The van der Waals surface area contributed by atoms with Crippen molar-refractivity contribution in [1.82, 2.24) is 0 Å². The molecule has 3 rings (SSSR count). The number of fused-ring (bicyclic) bond motifs is 1. The van der Waals surface area contributed by atoms with E-state index in [0.717, 1.165) is 0 Å². The summed E-state index contributed by atoms with van der Waals surface area (Å²) in [6, 6.07) is 7.35. The molecule has 1 heterocycles. The number of ketones is 1. The van der Waals surface area contributed by atoms with Gasteiger partial charge in [-0.25, -0.2) is 0 Å². The number of ether oxygens (including phenoxy) is 4. The number of amides is 1. The molecule has 0 unspecified atom stereocenters. The molecule has 0 saturated carbocycles. The van der Waals surface area contributed by atoms with E-state index in [1.165, 1.54) is 49.4 Å². The fourth-order valence-corrected chi connectivity index (χ4v) is 2.77.